The number of aliphatic hydroxyl groups is 1. The molecule has 7 nitrogen and oxygen atoms in total. The number of hydrogen-bond acceptors (Lipinski definition) is 5. The molecule has 1 aliphatic heterocycles. The van der Waals surface area contributed by atoms with Crippen LogP contribution in [-0.4, -0.2) is 64.2 Å². The van der Waals surface area contributed by atoms with Crippen molar-refractivity contribution in [1.29, 1.82) is 0 Å². The molecule has 198 valence electrons. The van der Waals surface area contributed by atoms with E-state index in [-0.39, 0.29) is 17.0 Å². The van der Waals surface area contributed by atoms with Crippen molar-refractivity contribution >= 4 is 45.8 Å². The predicted octanol–water partition coefficient (Wildman–Crippen LogP) is 6.01. The molecule has 0 saturated carbocycles. The Hall–Kier alpha value is -2.97. The maximum absolute atomic E-state index is 13.3. The van der Waals surface area contributed by atoms with Crippen LogP contribution in [0.4, 0.5) is 5.69 Å². The lowest BCUT2D eigenvalue weighted by Gasteiger charge is -2.28. The first-order valence-electron chi connectivity index (χ1n) is 12.9. The Balaban J connectivity index is 1.99. The smallest absolute Gasteiger partial charge is 0.295 e. The number of unbranched alkanes of at least 4 members (excludes halogenated alkanes) is 2. The van der Waals surface area contributed by atoms with Crippen molar-refractivity contribution in [1.82, 2.24) is 9.80 Å². The van der Waals surface area contributed by atoms with Crippen LogP contribution in [0.15, 0.2) is 58.6 Å². The molecule has 0 aliphatic carbocycles. The van der Waals surface area contributed by atoms with E-state index in [0.717, 1.165) is 49.8 Å². The Bertz CT molecular complexity index is 1140. The number of ketones is 1. The fourth-order valence-corrected chi connectivity index (χ4v) is 4.97. The van der Waals surface area contributed by atoms with Crippen LogP contribution in [-0.2, 0) is 9.59 Å². The van der Waals surface area contributed by atoms with Gasteiger partial charge in [-0.3, -0.25) is 9.59 Å². The first-order chi connectivity index (χ1) is 17.8. The molecule has 2 aromatic rings. The van der Waals surface area contributed by atoms with E-state index in [1.807, 2.05) is 0 Å². The number of halogens is 1. The molecule has 2 aromatic carbocycles. The summed E-state index contributed by atoms with van der Waals surface area (Å²) in [5.74, 6) is -1.69. The number of carbonyl (C=O) groups is 2. The van der Waals surface area contributed by atoms with Gasteiger partial charge in [-0.1, -0.05) is 66.9 Å². The average Bonchev–Trinajstić information content (AvgIpc) is 3.14. The average molecular weight is 571 g/mol. The lowest BCUT2D eigenvalue weighted by atomic mass is 9.94. The van der Waals surface area contributed by atoms with Crippen LogP contribution < -0.4 is 0 Å². The highest BCUT2D eigenvalue weighted by atomic mass is 79.9. The van der Waals surface area contributed by atoms with Gasteiger partial charge in [-0.15, -0.1) is 0 Å². The van der Waals surface area contributed by atoms with E-state index in [2.05, 4.69) is 41.4 Å². The molecule has 0 aromatic heterocycles. The number of para-hydroxylation sites is 1. The van der Waals surface area contributed by atoms with Crippen molar-refractivity contribution in [3.8, 4) is 0 Å². The summed E-state index contributed by atoms with van der Waals surface area (Å²) in [6.07, 6.45) is 5.11. The molecule has 0 bridgehead atoms. The van der Waals surface area contributed by atoms with E-state index < -0.39 is 17.7 Å². The Morgan fingerprint density at radius 1 is 1.03 bits per heavy atom. The highest BCUT2D eigenvalue weighted by molar-refractivity contribution is 9.10. The van der Waals surface area contributed by atoms with Crippen LogP contribution in [0.3, 0.4) is 0 Å². The predicted molar refractivity (Wildman–Crippen MR) is 151 cm³/mol. The molecule has 0 unspecified atom stereocenters. The number of rotatable bonds is 13. The van der Waals surface area contributed by atoms with Gasteiger partial charge in [0.05, 0.1) is 17.2 Å². The van der Waals surface area contributed by atoms with Crippen LogP contribution >= 0.6 is 15.9 Å². The van der Waals surface area contributed by atoms with Crippen molar-refractivity contribution < 1.29 is 19.4 Å². The normalized spacial score (nSPS) is 17.1. The maximum Gasteiger partial charge on any atom is 0.295 e. The second-order valence-electron chi connectivity index (χ2n) is 9.34. The van der Waals surface area contributed by atoms with Crippen LogP contribution in [0, 0.1) is 5.21 Å². The molecular formula is C29H36BrN3O4. The molecule has 1 heterocycles. The lowest BCUT2D eigenvalue weighted by molar-refractivity contribution is -0.350. The third-order valence-electron chi connectivity index (χ3n) is 6.69. The van der Waals surface area contributed by atoms with Gasteiger partial charge >= 0.3 is 0 Å². The quantitative estimate of drug-likeness (QED) is 0.0607. The molecule has 1 atom stereocenters. The molecule has 0 radical (unpaired) electrons. The van der Waals surface area contributed by atoms with Gasteiger partial charge in [-0.05, 0) is 57.1 Å². The summed E-state index contributed by atoms with van der Waals surface area (Å²) in [5.41, 5.74) is 1.10. The van der Waals surface area contributed by atoms with Gasteiger partial charge in [-0.2, -0.15) is 4.74 Å². The van der Waals surface area contributed by atoms with Crippen molar-refractivity contribution in [2.75, 3.05) is 26.2 Å². The summed E-state index contributed by atoms with van der Waals surface area (Å²) in [7, 11) is 0. The Morgan fingerprint density at radius 3 is 2.22 bits per heavy atom. The van der Waals surface area contributed by atoms with Crippen molar-refractivity contribution in [2.45, 2.75) is 52.0 Å². The van der Waals surface area contributed by atoms with E-state index in [1.165, 1.54) is 4.90 Å². The standard InChI is InChI=1S/C29H36BrN3O4/c1-4-6-17-32(18-7-5-2)19-10-20-33-26(23-11-8-9-12-24(23)31(3)37)25(28(35)29(33)36)27(34)21-13-15-22(30)16-14-21/h8-9,11-16,26,34H,3-7,10,17-20H2,1-2H3/t26-/m1/s1. The molecule has 0 spiro atoms. The molecule has 1 fully saturated rings. The van der Waals surface area contributed by atoms with Crippen LogP contribution in [0.5, 0.6) is 0 Å². The molecular weight excluding hydrogens is 534 g/mol. The molecule has 1 amide bonds. The van der Waals surface area contributed by atoms with Gasteiger partial charge < -0.3 is 20.1 Å². The minimum absolute atomic E-state index is 0.0181. The topological polar surface area (TPSA) is 86.9 Å². The second kappa shape index (κ2) is 13.5. The van der Waals surface area contributed by atoms with Gasteiger partial charge in [0.25, 0.3) is 11.7 Å². The van der Waals surface area contributed by atoms with Gasteiger partial charge in [0.15, 0.2) is 0 Å². The number of hydrogen-bond donors (Lipinski definition) is 1. The van der Waals surface area contributed by atoms with Crippen molar-refractivity contribution in [3.63, 3.8) is 0 Å². The summed E-state index contributed by atoms with van der Waals surface area (Å²) >= 11 is 3.38. The summed E-state index contributed by atoms with van der Waals surface area (Å²) in [5, 5.41) is 23.5. The first kappa shape index (κ1) is 28.6. The minimum atomic E-state index is -0.891. The molecule has 37 heavy (non-hydrogen) atoms. The number of benzene rings is 2. The first-order valence-corrected chi connectivity index (χ1v) is 13.7. The zero-order valence-electron chi connectivity index (χ0n) is 21.7. The fraction of sp³-hybridized carbons (Fsp3) is 0.414. The van der Waals surface area contributed by atoms with Crippen LogP contribution in [0.1, 0.15) is 63.1 Å². The Morgan fingerprint density at radius 2 is 1.62 bits per heavy atom. The summed E-state index contributed by atoms with van der Waals surface area (Å²) < 4.78 is 1.30. The number of Topliss-reactive ketones (excluding diaryl/α,β-unsaturated/α-hetero) is 1. The van der Waals surface area contributed by atoms with Gasteiger partial charge in [0.2, 0.25) is 5.69 Å². The second-order valence-corrected chi connectivity index (χ2v) is 10.3. The van der Waals surface area contributed by atoms with E-state index in [1.54, 1.807) is 48.5 Å². The number of amides is 1. The summed E-state index contributed by atoms with van der Waals surface area (Å²) in [4.78, 5) is 30.5. The van der Waals surface area contributed by atoms with Crippen LogP contribution in [0.2, 0.25) is 0 Å². The summed E-state index contributed by atoms with van der Waals surface area (Å²) in [6.45, 7) is 10.9. The largest absolute Gasteiger partial charge is 0.619 e. The highest BCUT2D eigenvalue weighted by Crippen LogP contribution is 2.42. The fourth-order valence-electron chi connectivity index (χ4n) is 4.71. The maximum atomic E-state index is 13.3. The Kier molecular flexibility index (Phi) is 10.5. The molecule has 1 aliphatic rings. The van der Waals surface area contributed by atoms with Crippen LogP contribution in [0.25, 0.3) is 5.76 Å². The zero-order chi connectivity index (χ0) is 26.9. The number of nitrogens with zero attached hydrogens (tertiary/aromatic N) is 3. The molecule has 1 saturated heterocycles. The molecule has 3 rings (SSSR count). The van der Waals surface area contributed by atoms with Crippen molar-refractivity contribution in [2.24, 2.45) is 0 Å². The van der Waals surface area contributed by atoms with Gasteiger partial charge in [0.1, 0.15) is 12.5 Å². The SMILES string of the molecule is C=[N+]([O-])c1ccccc1[C@@H]1C(=C(O)c2ccc(Br)cc2)C(=O)C(=O)N1CCCN(CCCC)CCCC. The third-order valence-corrected chi connectivity index (χ3v) is 7.22. The highest BCUT2D eigenvalue weighted by Gasteiger charge is 2.47. The minimum Gasteiger partial charge on any atom is -0.619 e. The zero-order valence-corrected chi connectivity index (χ0v) is 23.2. The van der Waals surface area contributed by atoms with E-state index in [4.69, 9.17) is 0 Å². The van der Waals surface area contributed by atoms with E-state index in [9.17, 15) is 19.9 Å². The number of carbonyl (C=O) groups excluding carboxylic acids is 2. The Labute approximate surface area is 227 Å². The number of aliphatic hydroxyl groups excluding tert-OH is 1. The monoisotopic (exact) mass is 569 g/mol. The van der Waals surface area contributed by atoms with E-state index >= 15 is 0 Å². The van der Waals surface area contributed by atoms with E-state index in [0.29, 0.717) is 28.8 Å². The number of likely N-dealkylation sites (tertiary alicyclic amines) is 1. The lowest BCUT2D eigenvalue weighted by Crippen LogP contribution is -2.34. The third kappa shape index (κ3) is 6.87. The van der Waals surface area contributed by atoms with Gasteiger partial charge in [0, 0.05) is 22.6 Å². The molecule has 1 N–H and O–H groups in total. The molecule has 8 heteroatoms. The van der Waals surface area contributed by atoms with Gasteiger partial charge in [-0.25, -0.2) is 0 Å². The van der Waals surface area contributed by atoms with Crippen molar-refractivity contribution in [3.05, 3.63) is 74.9 Å². The summed E-state index contributed by atoms with van der Waals surface area (Å²) in [6, 6.07) is 12.7.